The molecule has 1 aliphatic rings. The van der Waals surface area contributed by atoms with Crippen molar-refractivity contribution in [3.63, 3.8) is 0 Å². The van der Waals surface area contributed by atoms with Crippen LogP contribution in [0.25, 0.3) is 67.5 Å². The van der Waals surface area contributed by atoms with E-state index in [1.807, 2.05) is 24.3 Å². The van der Waals surface area contributed by atoms with Gasteiger partial charge < -0.3 is 0 Å². The van der Waals surface area contributed by atoms with Gasteiger partial charge in [0, 0.05) is 16.7 Å². The number of aromatic nitrogens is 3. The molecule has 9 rings (SSSR count). The first-order valence-electron chi connectivity index (χ1n) is 18.8. The summed E-state index contributed by atoms with van der Waals surface area (Å²) in [4.78, 5) is 15.5. The van der Waals surface area contributed by atoms with Crippen molar-refractivity contribution in [3.05, 3.63) is 198 Å². The molecule has 0 N–H and O–H groups in total. The highest BCUT2D eigenvalue weighted by Crippen LogP contribution is 2.40. The first kappa shape index (κ1) is 33.4. The molecule has 7 aromatic carbocycles. The topological polar surface area (TPSA) is 38.7 Å². The van der Waals surface area contributed by atoms with Crippen molar-refractivity contribution in [3.8, 4) is 67.5 Å². The molecule has 0 radical (unpaired) electrons. The third-order valence-electron chi connectivity index (χ3n) is 10.6. The number of hydrogen-bond acceptors (Lipinski definition) is 3. The molecule has 0 fully saturated rings. The standard InChI is InChI=1S/C51H41N3/c1-51(2,3)41-27-29-46-40(33-41)31-37-21-11-13-24-44(37)43-23-12-10-20-36(43)30-39-32-38(26-28-45(39)46)49-52-48(35-18-8-5-9-19-35)53-50(54-49)47-25-15-14-22-42(47)34-16-6-4-7-17-34/h4-29,32-33H,30-31H2,1-3H3. The van der Waals surface area contributed by atoms with Gasteiger partial charge in [0.15, 0.2) is 17.5 Å². The molecule has 3 nitrogen and oxygen atoms in total. The largest absolute Gasteiger partial charge is 0.208 e. The van der Waals surface area contributed by atoms with Gasteiger partial charge in [0.25, 0.3) is 0 Å². The Kier molecular flexibility index (Phi) is 8.56. The minimum absolute atomic E-state index is 0.0368. The first-order chi connectivity index (χ1) is 26.4. The van der Waals surface area contributed by atoms with Gasteiger partial charge in [-0.1, -0.05) is 185 Å². The normalized spacial score (nSPS) is 12.2. The lowest BCUT2D eigenvalue weighted by molar-refractivity contribution is 0.589. The number of benzene rings is 7. The number of nitrogens with zero attached hydrogens (tertiary/aromatic N) is 3. The highest BCUT2D eigenvalue weighted by atomic mass is 15.0. The zero-order valence-corrected chi connectivity index (χ0v) is 30.9. The van der Waals surface area contributed by atoms with Gasteiger partial charge in [-0.05, 0) is 85.5 Å². The zero-order valence-electron chi connectivity index (χ0n) is 30.9. The van der Waals surface area contributed by atoms with E-state index in [1.54, 1.807) is 0 Å². The van der Waals surface area contributed by atoms with E-state index in [1.165, 1.54) is 50.1 Å². The Balaban J connectivity index is 1.26. The summed E-state index contributed by atoms with van der Waals surface area (Å²) in [6, 6.07) is 60.8. The van der Waals surface area contributed by atoms with E-state index in [4.69, 9.17) is 15.0 Å². The molecule has 54 heavy (non-hydrogen) atoms. The molecule has 1 heterocycles. The van der Waals surface area contributed by atoms with E-state index in [0.29, 0.717) is 17.5 Å². The van der Waals surface area contributed by atoms with E-state index in [2.05, 4.69) is 166 Å². The number of hydrogen-bond donors (Lipinski definition) is 0. The fraction of sp³-hybridized carbons (Fsp3) is 0.118. The van der Waals surface area contributed by atoms with Crippen LogP contribution in [0.15, 0.2) is 170 Å². The van der Waals surface area contributed by atoms with Crippen LogP contribution in [0.4, 0.5) is 0 Å². The summed E-state index contributed by atoms with van der Waals surface area (Å²) >= 11 is 0. The molecule has 8 aromatic rings. The highest BCUT2D eigenvalue weighted by molar-refractivity contribution is 5.83. The minimum atomic E-state index is 0.0368. The fourth-order valence-corrected chi connectivity index (χ4v) is 7.79. The summed E-state index contributed by atoms with van der Waals surface area (Å²) < 4.78 is 0. The molecule has 0 saturated carbocycles. The van der Waals surface area contributed by atoms with Crippen molar-refractivity contribution in [1.82, 2.24) is 15.0 Å². The number of fused-ring (bicyclic) bond motifs is 6. The quantitative estimate of drug-likeness (QED) is 0.184. The lowest BCUT2D eigenvalue weighted by Crippen LogP contribution is -2.12. The van der Waals surface area contributed by atoms with Crippen LogP contribution < -0.4 is 0 Å². The molecule has 0 bridgehead atoms. The van der Waals surface area contributed by atoms with Gasteiger partial charge in [0.05, 0.1) is 0 Å². The van der Waals surface area contributed by atoms with Crippen molar-refractivity contribution in [2.45, 2.75) is 39.0 Å². The molecule has 0 aliphatic heterocycles. The van der Waals surface area contributed by atoms with Gasteiger partial charge in [0.2, 0.25) is 0 Å². The van der Waals surface area contributed by atoms with Crippen LogP contribution in [0.2, 0.25) is 0 Å². The van der Waals surface area contributed by atoms with Crippen LogP contribution in [0, 0.1) is 0 Å². The first-order valence-corrected chi connectivity index (χ1v) is 18.8. The predicted octanol–water partition coefficient (Wildman–Crippen LogP) is 12.7. The maximum absolute atomic E-state index is 5.24. The lowest BCUT2D eigenvalue weighted by atomic mass is 9.80. The molecule has 1 aromatic heterocycles. The van der Waals surface area contributed by atoms with E-state index in [-0.39, 0.29) is 5.41 Å². The summed E-state index contributed by atoms with van der Waals surface area (Å²) in [5.41, 5.74) is 16.8. The van der Waals surface area contributed by atoms with Crippen molar-refractivity contribution < 1.29 is 0 Å². The molecule has 0 atom stereocenters. The third-order valence-corrected chi connectivity index (χ3v) is 10.6. The number of rotatable bonds is 4. The molecule has 260 valence electrons. The van der Waals surface area contributed by atoms with Gasteiger partial charge in [-0.3, -0.25) is 0 Å². The molecule has 0 saturated heterocycles. The summed E-state index contributed by atoms with van der Waals surface area (Å²) in [5.74, 6) is 1.96. The SMILES string of the molecule is CC(C)(C)c1ccc2c(c1)Cc1ccccc1-c1ccccc1Cc1cc(-c3nc(-c4ccccc4)nc(-c4ccccc4-c4ccccc4)n3)ccc1-2. The second-order valence-electron chi connectivity index (χ2n) is 15.2. The molecular weight excluding hydrogens is 655 g/mol. The third kappa shape index (κ3) is 6.43. The maximum Gasteiger partial charge on any atom is 0.164 e. The predicted molar refractivity (Wildman–Crippen MR) is 223 cm³/mol. The molecule has 0 spiro atoms. The van der Waals surface area contributed by atoms with E-state index in [0.717, 1.165) is 40.7 Å². The van der Waals surface area contributed by atoms with Gasteiger partial charge >= 0.3 is 0 Å². The summed E-state index contributed by atoms with van der Waals surface area (Å²) in [6.07, 6.45) is 1.62. The fourth-order valence-electron chi connectivity index (χ4n) is 7.79. The molecular formula is C51H41N3. The van der Waals surface area contributed by atoms with Gasteiger partial charge in [0.1, 0.15) is 0 Å². The zero-order chi connectivity index (χ0) is 36.6. The minimum Gasteiger partial charge on any atom is -0.208 e. The Labute approximate surface area is 318 Å². The van der Waals surface area contributed by atoms with Gasteiger partial charge in [-0.2, -0.15) is 0 Å². The summed E-state index contributed by atoms with van der Waals surface area (Å²) in [6.45, 7) is 6.89. The summed E-state index contributed by atoms with van der Waals surface area (Å²) in [7, 11) is 0. The Morgan fingerprint density at radius 1 is 0.333 bits per heavy atom. The van der Waals surface area contributed by atoms with Gasteiger partial charge in [-0.25, -0.2) is 15.0 Å². The monoisotopic (exact) mass is 695 g/mol. The van der Waals surface area contributed by atoms with Gasteiger partial charge in [-0.15, -0.1) is 0 Å². The van der Waals surface area contributed by atoms with E-state index >= 15 is 0 Å². The molecule has 0 amide bonds. The van der Waals surface area contributed by atoms with Crippen LogP contribution in [-0.2, 0) is 18.3 Å². The van der Waals surface area contributed by atoms with Crippen LogP contribution in [0.1, 0.15) is 48.6 Å². The van der Waals surface area contributed by atoms with E-state index in [9.17, 15) is 0 Å². The Hall–Kier alpha value is -6.45. The second-order valence-corrected chi connectivity index (χ2v) is 15.2. The van der Waals surface area contributed by atoms with Crippen LogP contribution in [0.5, 0.6) is 0 Å². The molecule has 0 unspecified atom stereocenters. The van der Waals surface area contributed by atoms with Crippen LogP contribution in [0.3, 0.4) is 0 Å². The average molecular weight is 696 g/mol. The molecule has 1 aliphatic carbocycles. The van der Waals surface area contributed by atoms with Crippen molar-refractivity contribution in [2.75, 3.05) is 0 Å². The maximum atomic E-state index is 5.24. The Morgan fingerprint density at radius 2 is 0.778 bits per heavy atom. The van der Waals surface area contributed by atoms with Crippen molar-refractivity contribution >= 4 is 0 Å². The Bertz CT molecular complexity index is 2630. The van der Waals surface area contributed by atoms with Crippen LogP contribution >= 0.6 is 0 Å². The highest BCUT2D eigenvalue weighted by Gasteiger charge is 2.22. The Morgan fingerprint density at radius 3 is 1.39 bits per heavy atom. The summed E-state index contributed by atoms with van der Waals surface area (Å²) in [5, 5.41) is 0. The molecule has 3 heteroatoms. The smallest absolute Gasteiger partial charge is 0.164 e. The van der Waals surface area contributed by atoms with E-state index < -0.39 is 0 Å². The van der Waals surface area contributed by atoms with Crippen molar-refractivity contribution in [2.24, 2.45) is 0 Å². The second kappa shape index (κ2) is 13.8. The average Bonchev–Trinajstić information content (AvgIpc) is 3.21. The van der Waals surface area contributed by atoms with Crippen molar-refractivity contribution in [1.29, 1.82) is 0 Å². The van der Waals surface area contributed by atoms with Crippen LogP contribution in [-0.4, -0.2) is 15.0 Å². The lowest BCUT2D eigenvalue weighted by Gasteiger charge is -2.24.